The second-order valence-corrected chi connectivity index (χ2v) is 1.77. The molecular weight excluding hydrogens is 158 g/mol. The molecule has 0 bridgehead atoms. The molecule has 0 amide bonds. The fraction of sp³-hybridized carbons (Fsp3) is 0.750. The Kier molecular flexibility index (Phi) is 1.91. The zero-order valence-corrected chi connectivity index (χ0v) is 5.37. The van der Waals surface area contributed by atoms with Gasteiger partial charge >= 0.3 is 6.05 Å². The summed E-state index contributed by atoms with van der Waals surface area (Å²) in [5.41, 5.74) is 7.73. The molecule has 0 saturated heterocycles. The third-order valence-electron chi connectivity index (χ3n) is 1.01. The van der Waals surface area contributed by atoms with Gasteiger partial charge in [0.05, 0.1) is 6.54 Å². The molecule has 1 rings (SSSR count). The highest BCUT2D eigenvalue weighted by molar-refractivity contribution is 5.84. The van der Waals surface area contributed by atoms with E-state index < -0.39 is 11.9 Å². The van der Waals surface area contributed by atoms with Gasteiger partial charge in [0.2, 0.25) is 0 Å². The lowest BCUT2D eigenvalue weighted by atomic mass is 10.6. The van der Waals surface area contributed by atoms with E-state index in [9.17, 15) is 8.78 Å². The zero-order valence-electron chi connectivity index (χ0n) is 5.37. The van der Waals surface area contributed by atoms with Crippen LogP contribution in [0, 0.1) is 0 Å². The summed E-state index contributed by atoms with van der Waals surface area (Å²) in [4.78, 5) is 5.27. The number of hydrogen-bond donors (Lipinski definition) is 0. The molecule has 0 radical (unpaired) electrons. The summed E-state index contributed by atoms with van der Waals surface area (Å²) in [6.07, 6.45) is 0. The van der Waals surface area contributed by atoms with E-state index >= 15 is 0 Å². The van der Waals surface area contributed by atoms with Crippen molar-refractivity contribution in [2.45, 2.75) is 6.05 Å². The first-order valence-electron chi connectivity index (χ1n) is 2.78. The van der Waals surface area contributed by atoms with Gasteiger partial charge in [0, 0.05) is 4.91 Å². The van der Waals surface area contributed by atoms with E-state index in [4.69, 9.17) is 5.53 Å². The molecule has 0 saturated carbocycles. The largest absolute Gasteiger partial charge is 0.475 e. The Balaban J connectivity index is 2.78. The second kappa shape index (κ2) is 2.71. The Morgan fingerprint density at radius 1 is 1.73 bits per heavy atom. The zero-order chi connectivity index (χ0) is 8.32. The van der Waals surface area contributed by atoms with E-state index in [-0.39, 0.29) is 13.2 Å². The van der Waals surface area contributed by atoms with Crippen molar-refractivity contribution in [3.63, 3.8) is 0 Å². The Morgan fingerprint density at radius 2 is 2.45 bits per heavy atom. The summed E-state index contributed by atoms with van der Waals surface area (Å²) >= 11 is 0. The Bertz CT molecular complexity index is 232. The van der Waals surface area contributed by atoms with E-state index in [0.29, 0.717) is 0 Å². The first-order chi connectivity index (χ1) is 5.17. The van der Waals surface area contributed by atoms with Crippen LogP contribution in [0.15, 0.2) is 10.1 Å². The molecule has 0 aliphatic carbocycles. The van der Waals surface area contributed by atoms with Crippen molar-refractivity contribution >= 4 is 5.90 Å². The minimum absolute atomic E-state index is 0.117. The first-order valence-corrected chi connectivity index (χ1v) is 2.78. The molecule has 1 aliphatic heterocycles. The summed E-state index contributed by atoms with van der Waals surface area (Å²) in [7, 11) is 0. The monoisotopic (exact) mass is 162 g/mol. The third kappa shape index (κ3) is 1.56. The molecule has 60 valence electrons. The van der Waals surface area contributed by atoms with Crippen molar-refractivity contribution in [3.8, 4) is 0 Å². The molecular formula is C4H4F2N4O. The highest BCUT2D eigenvalue weighted by atomic mass is 19.3. The predicted octanol–water partition coefficient (Wildman–Crippen LogP) is 1.32. The minimum atomic E-state index is -3.63. The van der Waals surface area contributed by atoms with Crippen LogP contribution in [0.2, 0.25) is 0 Å². The number of nitrogens with zero attached hydrogens (tertiary/aromatic N) is 4. The molecule has 11 heavy (non-hydrogen) atoms. The molecule has 0 aromatic rings. The Morgan fingerprint density at radius 3 is 2.91 bits per heavy atom. The summed E-state index contributed by atoms with van der Waals surface area (Å²) in [6.45, 7) is 0.303. The first kappa shape index (κ1) is 7.74. The van der Waals surface area contributed by atoms with Crippen molar-refractivity contribution in [1.82, 2.24) is 0 Å². The van der Waals surface area contributed by atoms with Gasteiger partial charge in [-0.2, -0.15) is 8.78 Å². The van der Waals surface area contributed by atoms with Gasteiger partial charge in [-0.25, -0.2) is 4.99 Å². The standard InChI is InChI=1S/C4H4F2N4O/c5-4(6,9-10-7)3-8-1-2-11-3/h1-2H2. The Labute approximate surface area is 60.3 Å². The van der Waals surface area contributed by atoms with Gasteiger partial charge in [0.15, 0.2) is 0 Å². The van der Waals surface area contributed by atoms with Crippen molar-refractivity contribution in [2.75, 3.05) is 13.2 Å². The van der Waals surface area contributed by atoms with Crippen molar-refractivity contribution < 1.29 is 13.5 Å². The van der Waals surface area contributed by atoms with E-state index in [0.717, 1.165) is 0 Å². The van der Waals surface area contributed by atoms with E-state index in [2.05, 4.69) is 14.8 Å². The van der Waals surface area contributed by atoms with Crippen molar-refractivity contribution in [2.24, 2.45) is 10.1 Å². The van der Waals surface area contributed by atoms with Gasteiger partial charge in [-0.05, 0) is 10.6 Å². The smallest absolute Gasteiger partial charge is 0.398 e. The topological polar surface area (TPSA) is 70.4 Å². The molecule has 0 unspecified atom stereocenters. The van der Waals surface area contributed by atoms with Gasteiger partial charge in [0.1, 0.15) is 6.61 Å². The molecule has 1 heterocycles. The second-order valence-electron chi connectivity index (χ2n) is 1.77. The number of halogens is 2. The van der Waals surface area contributed by atoms with Crippen LogP contribution in [0.4, 0.5) is 8.78 Å². The van der Waals surface area contributed by atoms with Crippen LogP contribution in [0.3, 0.4) is 0 Å². The van der Waals surface area contributed by atoms with Crippen molar-refractivity contribution in [3.05, 3.63) is 10.4 Å². The van der Waals surface area contributed by atoms with Crippen LogP contribution in [-0.2, 0) is 4.74 Å². The van der Waals surface area contributed by atoms with Gasteiger partial charge < -0.3 is 4.74 Å². The molecule has 0 atom stereocenters. The van der Waals surface area contributed by atoms with Gasteiger partial charge in [-0.1, -0.05) is 0 Å². The van der Waals surface area contributed by atoms with Crippen LogP contribution in [0.5, 0.6) is 0 Å². The van der Waals surface area contributed by atoms with Crippen LogP contribution in [0.1, 0.15) is 0 Å². The number of ether oxygens (including phenoxy) is 1. The number of azide groups is 1. The molecule has 5 nitrogen and oxygen atoms in total. The summed E-state index contributed by atoms with van der Waals surface area (Å²) in [5, 5.41) is 2.23. The van der Waals surface area contributed by atoms with Gasteiger partial charge in [-0.3, -0.25) is 0 Å². The lowest BCUT2D eigenvalue weighted by Gasteiger charge is -2.07. The van der Waals surface area contributed by atoms with E-state index in [1.807, 2.05) is 4.91 Å². The third-order valence-corrected chi connectivity index (χ3v) is 1.01. The summed E-state index contributed by atoms with van der Waals surface area (Å²) < 4.78 is 29.3. The van der Waals surface area contributed by atoms with E-state index in [1.165, 1.54) is 0 Å². The maximum atomic E-state index is 12.5. The lowest BCUT2D eigenvalue weighted by molar-refractivity contribution is 0.0593. The van der Waals surface area contributed by atoms with Gasteiger partial charge in [0.25, 0.3) is 5.90 Å². The van der Waals surface area contributed by atoms with E-state index in [1.54, 1.807) is 0 Å². The summed E-state index contributed by atoms with van der Waals surface area (Å²) in [6, 6.07) is -3.63. The SMILES string of the molecule is [N-]=[N+]=NC(F)(F)C1=NCCO1. The van der Waals surface area contributed by atoms with Gasteiger partial charge in [-0.15, -0.1) is 0 Å². The molecule has 0 fully saturated rings. The molecule has 0 N–H and O–H groups in total. The predicted molar refractivity (Wildman–Crippen MR) is 32.3 cm³/mol. The highest BCUT2D eigenvalue weighted by Gasteiger charge is 2.38. The normalized spacial score (nSPS) is 16.7. The molecule has 0 aromatic carbocycles. The average molecular weight is 162 g/mol. The molecule has 7 heteroatoms. The van der Waals surface area contributed by atoms with Crippen LogP contribution in [-0.4, -0.2) is 25.1 Å². The number of hydrogen-bond acceptors (Lipinski definition) is 3. The maximum absolute atomic E-state index is 12.5. The Hall–Kier alpha value is -1.36. The fourth-order valence-corrected chi connectivity index (χ4v) is 0.616. The van der Waals surface area contributed by atoms with Crippen molar-refractivity contribution in [1.29, 1.82) is 0 Å². The number of aliphatic imine (C=N–C) groups is 1. The van der Waals surface area contributed by atoms with Crippen LogP contribution < -0.4 is 0 Å². The maximum Gasteiger partial charge on any atom is 0.398 e. The minimum Gasteiger partial charge on any atom is -0.475 e. The highest BCUT2D eigenvalue weighted by Crippen LogP contribution is 2.20. The lowest BCUT2D eigenvalue weighted by Crippen LogP contribution is -2.25. The number of alkyl halides is 2. The molecule has 0 spiro atoms. The average Bonchev–Trinajstić information content (AvgIpc) is 2.37. The molecule has 1 aliphatic rings. The van der Waals surface area contributed by atoms with Crippen LogP contribution >= 0.6 is 0 Å². The quantitative estimate of drug-likeness (QED) is 0.261. The number of rotatable bonds is 2. The fourth-order valence-electron chi connectivity index (χ4n) is 0.616. The van der Waals surface area contributed by atoms with Crippen LogP contribution in [0.25, 0.3) is 10.4 Å². The summed E-state index contributed by atoms with van der Waals surface area (Å²) in [5.74, 6) is -0.796. The molecule has 0 aromatic heterocycles.